The molecule has 1 aromatic rings. The van der Waals surface area contributed by atoms with Crippen molar-refractivity contribution in [2.24, 2.45) is 4.99 Å². The highest BCUT2D eigenvalue weighted by Gasteiger charge is 2.21. The Kier molecular flexibility index (Phi) is 11.0. The van der Waals surface area contributed by atoms with E-state index in [-0.39, 0.29) is 29.9 Å². The first-order chi connectivity index (χ1) is 12.1. The molecule has 1 amide bonds. The van der Waals surface area contributed by atoms with Crippen LogP contribution in [0.25, 0.3) is 0 Å². The van der Waals surface area contributed by atoms with Gasteiger partial charge in [0.15, 0.2) is 5.96 Å². The molecule has 1 aliphatic rings. The highest BCUT2D eigenvalue weighted by atomic mass is 127. The van der Waals surface area contributed by atoms with Gasteiger partial charge in [-0.05, 0) is 12.0 Å². The van der Waals surface area contributed by atoms with Gasteiger partial charge < -0.3 is 15.1 Å². The monoisotopic (exact) mass is 490 g/mol. The van der Waals surface area contributed by atoms with Crippen LogP contribution in [0.2, 0.25) is 0 Å². The van der Waals surface area contributed by atoms with Crippen LogP contribution >= 0.6 is 35.7 Å². The van der Waals surface area contributed by atoms with E-state index in [1.807, 2.05) is 56.2 Å². The summed E-state index contributed by atoms with van der Waals surface area (Å²) in [6.07, 6.45) is 1.66. The Morgan fingerprint density at radius 3 is 2.77 bits per heavy atom. The van der Waals surface area contributed by atoms with Crippen molar-refractivity contribution >= 4 is 47.6 Å². The van der Waals surface area contributed by atoms with Crippen LogP contribution in [0.5, 0.6) is 0 Å². The van der Waals surface area contributed by atoms with Crippen molar-refractivity contribution in [3.8, 4) is 0 Å². The van der Waals surface area contributed by atoms with E-state index < -0.39 is 0 Å². The van der Waals surface area contributed by atoms with Gasteiger partial charge in [0.2, 0.25) is 5.91 Å². The third kappa shape index (κ3) is 7.34. The van der Waals surface area contributed by atoms with E-state index in [2.05, 4.69) is 22.1 Å². The molecule has 0 radical (unpaired) electrons. The summed E-state index contributed by atoms with van der Waals surface area (Å²) < 4.78 is 0. The molecule has 1 N–H and O–H groups in total. The van der Waals surface area contributed by atoms with Gasteiger partial charge in [-0.15, -0.1) is 24.0 Å². The van der Waals surface area contributed by atoms with E-state index in [9.17, 15) is 4.79 Å². The summed E-state index contributed by atoms with van der Waals surface area (Å²) in [5.74, 6) is 2.20. The number of nitrogens with one attached hydrogen (secondary N) is 1. The molecule has 0 aliphatic carbocycles. The molecule has 1 atom stereocenters. The maximum absolute atomic E-state index is 12.3. The Balaban J connectivity index is 0.00000338. The number of benzene rings is 1. The number of amides is 1. The summed E-state index contributed by atoms with van der Waals surface area (Å²) >= 11 is 2.04. The molecule has 0 saturated carbocycles. The second kappa shape index (κ2) is 12.4. The van der Waals surface area contributed by atoms with Gasteiger partial charge in [-0.1, -0.05) is 37.3 Å². The summed E-state index contributed by atoms with van der Waals surface area (Å²) in [5.41, 5.74) is 1.15. The molecular formula is C19H31IN4OS. The maximum atomic E-state index is 12.3. The number of hydrogen-bond acceptors (Lipinski definition) is 3. The molecule has 26 heavy (non-hydrogen) atoms. The molecule has 0 spiro atoms. The summed E-state index contributed by atoms with van der Waals surface area (Å²) in [5, 5.41) is 4.02. The first kappa shape index (κ1) is 23.1. The van der Waals surface area contributed by atoms with E-state index in [1.54, 1.807) is 4.90 Å². The average Bonchev–Trinajstić information content (AvgIpc) is 2.66. The quantitative estimate of drug-likeness (QED) is 0.379. The highest BCUT2D eigenvalue weighted by molar-refractivity contribution is 14.0. The third-order valence-electron chi connectivity index (χ3n) is 4.42. The van der Waals surface area contributed by atoms with E-state index >= 15 is 0 Å². The molecule has 1 saturated heterocycles. The van der Waals surface area contributed by atoms with Gasteiger partial charge in [0, 0.05) is 57.7 Å². The lowest BCUT2D eigenvalue weighted by Gasteiger charge is -2.34. The molecule has 1 unspecified atom stereocenters. The summed E-state index contributed by atoms with van der Waals surface area (Å²) in [6.45, 7) is 5.55. The SMILES string of the molecule is CCC1CN(C(=NC)NCCC(=O)N(C)Cc2ccccc2)CCS1.I. The van der Waals surface area contributed by atoms with Crippen LogP contribution in [0.4, 0.5) is 0 Å². The van der Waals surface area contributed by atoms with E-state index in [1.165, 1.54) is 6.42 Å². The Hall–Kier alpha value is -0.960. The van der Waals surface area contributed by atoms with E-state index in [0.717, 1.165) is 30.4 Å². The molecule has 1 aromatic carbocycles. The van der Waals surface area contributed by atoms with Crippen LogP contribution in [-0.2, 0) is 11.3 Å². The fourth-order valence-corrected chi connectivity index (χ4v) is 4.09. The first-order valence-electron chi connectivity index (χ1n) is 8.99. The standard InChI is InChI=1S/C19H30N4OS.HI/c1-4-17-15-23(12-13-25-17)19(20-2)21-11-10-18(24)22(3)14-16-8-6-5-7-9-16;/h5-9,17H,4,10-15H2,1-3H3,(H,20,21);1H. The Labute approximate surface area is 179 Å². The second-order valence-corrected chi connectivity index (χ2v) is 7.71. The normalized spacial score (nSPS) is 17.4. The van der Waals surface area contributed by atoms with Gasteiger partial charge in [0.25, 0.3) is 0 Å². The Morgan fingerprint density at radius 1 is 1.38 bits per heavy atom. The highest BCUT2D eigenvalue weighted by Crippen LogP contribution is 2.20. The lowest BCUT2D eigenvalue weighted by atomic mass is 10.2. The van der Waals surface area contributed by atoms with Gasteiger partial charge in [0.1, 0.15) is 0 Å². The number of carbonyl (C=O) groups excluding carboxylic acids is 1. The molecule has 0 bridgehead atoms. The number of carbonyl (C=O) groups is 1. The van der Waals surface area contributed by atoms with Crippen molar-refractivity contribution in [1.29, 1.82) is 0 Å². The molecule has 2 rings (SSSR count). The van der Waals surface area contributed by atoms with Crippen molar-refractivity contribution < 1.29 is 4.79 Å². The molecule has 1 fully saturated rings. The second-order valence-electron chi connectivity index (χ2n) is 6.31. The van der Waals surface area contributed by atoms with Crippen molar-refractivity contribution in [2.75, 3.05) is 39.5 Å². The molecule has 7 heteroatoms. The fourth-order valence-electron chi connectivity index (χ4n) is 2.91. The summed E-state index contributed by atoms with van der Waals surface area (Å²) in [4.78, 5) is 20.8. The van der Waals surface area contributed by atoms with Crippen molar-refractivity contribution in [1.82, 2.24) is 15.1 Å². The number of thioether (sulfide) groups is 1. The predicted octanol–water partition coefficient (Wildman–Crippen LogP) is 3.06. The van der Waals surface area contributed by atoms with Crippen LogP contribution < -0.4 is 5.32 Å². The number of rotatable bonds is 6. The minimum atomic E-state index is 0. The smallest absolute Gasteiger partial charge is 0.224 e. The van der Waals surface area contributed by atoms with Gasteiger partial charge >= 0.3 is 0 Å². The van der Waals surface area contributed by atoms with Crippen molar-refractivity contribution in [3.05, 3.63) is 35.9 Å². The lowest BCUT2D eigenvalue weighted by molar-refractivity contribution is -0.130. The van der Waals surface area contributed by atoms with Gasteiger partial charge in [-0.2, -0.15) is 11.8 Å². The van der Waals surface area contributed by atoms with Gasteiger partial charge in [-0.3, -0.25) is 9.79 Å². The zero-order chi connectivity index (χ0) is 18.1. The van der Waals surface area contributed by atoms with Crippen LogP contribution in [0.1, 0.15) is 25.3 Å². The number of halogens is 1. The van der Waals surface area contributed by atoms with Crippen LogP contribution in [0, 0.1) is 0 Å². The molecule has 1 heterocycles. The Bertz CT molecular complexity index is 570. The Morgan fingerprint density at radius 2 is 2.12 bits per heavy atom. The molecule has 5 nitrogen and oxygen atoms in total. The van der Waals surface area contributed by atoms with Crippen molar-refractivity contribution in [2.45, 2.75) is 31.6 Å². The zero-order valence-electron chi connectivity index (χ0n) is 16.0. The largest absolute Gasteiger partial charge is 0.356 e. The van der Waals surface area contributed by atoms with Crippen LogP contribution in [0.15, 0.2) is 35.3 Å². The molecule has 146 valence electrons. The topological polar surface area (TPSA) is 47.9 Å². The molecule has 0 aromatic heterocycles. The fraction of sp³-hybridized carbons (Fsp3) is 0.579. The molecule has 1 aliphatic heterocycles. The van der Waals surface area contributed by atoms with Crippen LogP contribution in [-0.4, -0.2) is 66.4 Å². The third-order valence-corrected chi connectivity index (χ3v) is 5.79. The van der Waals surface area contributed by atoms with Gasteiger partial charge in [-0.25, -0.2) is 0 Å². The number of hydrogen-bond donors (Lipinski definition) is 1. The predicted molar refractivity (Wildman–Crippen MR) is 122 cm³/mol. The zero-order valence-corrected chi connectivity index (χ0v) is 19.1. The number of nitrogens with zero attached hydrogens (tertiary/aromatic N) is 3. The summed E-state index contributed by atoms with van der Waals surface area (Å²) in [6, 6.07) is 10.1. The number of guanidine groups is 1. The average molecular weight is 490 g/mol. The molecular weight excluding hydrogens is 459 g/mol. The first-order valence-corrected chi connectivity index (χ1v) is 10.0. The number of aliphatic imine (C=N–C) groups is 1. The van der Waals surface area contributed by atoms with E-state index in [0.29, 0.717) is 24.8 Å². The van der Waals surface area contributed by atoms with Crippen LogP contribution in [0.3, 0.4) is 0 Å². The minimum Gasteiger partial charge on any atom is -0.356 e. The minimum absolute atomic E-state index is 0. The van der Waals surface area contributed by atoms with Gasteiger partial charge in [0.05, 0.1) is 0 Å². The van der Waals surface area contributed by atoms with Crippen molar-refractivity contribution in [3.63, 3.8) is 0 Å². The maximum Gasteiger partial charge on any atom is 0.224 e. The van der Waals surface area contributed by atoms with E-state index in [4.69, 9.17) is 0 Å². The summed E-state index contributed by atoms with van der Waals surface area (Å²) in [7, 11) is 3.67. The lowest BCUT2D eigenvalue weighted by Crippen LogP contribution is -2.48.